The van der Waals surface area contributed by atoms with E-state index in [2.05, 4.69) is 54.0 Å². The highest BCUT2D eigenvalue weighted by molar-refractivity contribution is 6.10. The van der Waals surface area contributed by atoms with E-state index in [4.69, 9.17) is 4.74 Å². The Bertz CT molecular complexity index is 1550. The number of benzene rings is 3. The number of nitrogens with zero attached hydrogens (tertiary/aromatic N) is 2. The van der Waals surface area contributed by atoms with Gasteiger partial charge in [0.25, 0.3) is 0 Å². The highest BCUT2D eigenvalue weighted by Crippen LogP contribution is 2.59. The topological polar surface area (TPSA) is 73.2 Å². The van der Waals surface area contributed by atoms with Gasteiger partial charge in [-0.05, 0) is 87.1 Å². The lowest BCUT2D eigenvalue weighted by Gasteiger charge is -2.47. The highest BCUT2D eigenvalue weighted by atomic mass is 16.5. The van der Waals surface area contributed by atoms with Crippen molar-refractivity contribution in [3.63, 3.8) is 0 Å². The number of carbonyl (C=O) groups excluding carboxylic acids is 1. The summed E-state index contributed by atoms with van der Waals surface area (Å²) in [5, 5.41) is 23.6. The van der Waals surface area contributed by atoms with Crippen molar-refractivity contribution in [3.8, 4) is 5.75 Å². The fraction of sp³-hybridized carbons (Fsp3) is 0.475. The van der Waals surface area contributed by atoms with Crippen LogP contribution in [0.15, 0.2) is 84.4 Å². The number of para-hydroxylation sites is 2. The van der Waals surface area contributed by atoms with Gasteiger partial charge in [-0.1, -0.05) is 73.2 Å². The van der Waals surface area contributed by atoms with E-state index in [9.17, 15) is 15.0 Å². The molecule has 3 aromatic carbocycles. The molecule has 3 aliphatic carbocycles. The zero-order valence-electron chi connectivity index (χ0n) is 27.8. The van der Waals surface area contributed by atoms with Gasteiger partial charge in [-0.3, -0.25) is 9.69 Å². The summed E-state index contributed by atoms with van der Waals surface area (Å²) in [4.78, 5) is 18.9. The van der Waals surface area contributed by atoms with Crippen LogP contribution in [0.2, 0.25) is 0 Å². The number of aliphatic hydroxyl groups is 2. The Morgan fingerprint density at radius 3 is 2.46 bits per heavy atom. The average molecular weight is 623 g/mol. The molecule has 1 saturated heterocycles. The van der Waals surface area contributed by atoms with Crippen LogP contribution in [0.3, 0.4) is 0 Å². The Labute approximate surface area is 274 Å². The maximum Gasteiger partial charge on any atom is 0.193 e. The second-order valence-electron chi connectivity index (χ2n) is 14.1. The Morgan fingerprint density at radius 1 is 0.957 bits per heavy atom. The largest absolute Gasteiger partial charge is 0.495 e. The number of rotatable bonds is 6. The molecule has 4 aliphatic rings. The van der Waals surface area contributed by atoms with Crippen molar-refractivity contribution in [2.24, 2.45) is 5.41 Å². The average Bonchev–Trinajstić information content (AvgIpc) is 3.32. The summed E-state index contributed by atoms with van der Waals surface area (Å²) in [5.74, 6) is 0.941. The molecule has 6 heteroatoms. The fourth-order valence-corrected chi connectivity index (χ4v) is 8.35. The first-order valence-corrected chi connectivity index (χ1v) is 17.1. The molecule has 3 aromatic rings. The summed E-state index contributed by atoms with van der Waals surface area (Å²) in [6, 6.07) is 24.0. The SMILES string of the molecule is COc1ccccc1N1CCN(CC2(O)CCC3c4ccc(cc4C(=O)c4ccccc4)CC(O)CCC(C)=CCCC32C)CC1. The number of allylic oxidation sites excluding steroid dienone is 2. The number of ether oxygens (including phenoxy) is 1. The molecule has 1 saturated carbocycles. The van der Waals surface area contributed by atoms with E-state index in [1.165, 1.54) is 5.57 Å². The zero-order valence-corrected chi connectivity index (χ0v) is 27.8. The van der Waals surface area contributed by atoms with E-state index in [0.29, 0.717) is 36.9 Å². The molecule has 46 heavy (non-hydrogen) atoms. The monoisotopic (exact) mass is 622 g/mol. The molecule has 6 nitrogen and oxygen atoms in total. The van der Waals surface area contributed by atoms with Gasteiger partial charge in [-0.25, -0.2) is 0 Å². The maximum absolute atomic E-state index is 14.1. The molecule has 4 unspecified atom stereocenters. The number of hydrogen-bond donors (Lipinski definition) is 2. The summed E-state index contributed by atoms with van der Waals surface area (Å²) < 4.78 is 5.63. The molecule has 0 aromatic heterocycles. The van der Waals surface area contributed by atoms with Gasteiger partial charge < -0.3 is 19.8 Å². The normalized spacial score (nSPS) is 27.5. The van der Waals surface area contributed by atoms with Gasteiger partial charge in [0.1, 0.15) is 5.75 Å². The van der Waals surface area contributed by atoms with Crippen molar-refractivity contribution in [2.75, 3.05) is 44.7 Å². The van der Waals surface area contributed by atoms with E-state index >= 15 is 0 Å². The first-order chi connectivity index (χ1) is 22.2. The summed E-state index contributed by atoms with van der Waals surface area (Å²) in [7, 11) is 1.72. The smallest absolute Gasteiger partial charge is 0.193 e. The van der Waals surface area contributed by atoms with Crippen molar-refractivity contribution in [1.82, 2.24) is 4.90 Å². The molecule has 7 rings (SSSR count). The molecule has 1 aliphatic heterocycles. The Morgan fingerprint density at radius 2 is 1.70 bits per heavy atom. The van der Waals surface area contributed by atoms with Gasteiger partial charge in [-0.2, -0.15) is 0 Å². The molecule has 0 spiro atoms. The van der Waals surface area contributed by atoms with Gasteiger partial charge in [-0.15, -0.1) is 0 Å². The van der Waals surface area contributed by atoms with E-state index in [-0.39, 0.29) is 11.7 Å². The maximum atomic E-state index is 14.1. The van der Waals surface area contributed by atoms with Gasteiger partial charge >= 0.3 is 0 Å². The first-order valence-electron chi connectivity index (χ1n) is 17.1. The Balaban J connectivity index is 1.32. The summed E-state index contributed by atoms with van der Waals surface area (Å²) >= 11 is 0. The lowest BCUT2D eigenvalue weighted by atomic mass is 9.64. The number of fused-ring (bicyclic) bond motifs is 8. The molecular weight excluding hydrogens is 572 g/mol. The minimum atomic E-state index is -0.898. The summed E-state index contributed by atoms with van der Waals surface area (Å²) in [5.41, 5.74) is 4.48. The molecule has 2 bridgehead atoms. The van der Waals surface area contributed by atoms with Crippen molar-refractivity contribution < 1.29 is 19.7 Å². The van der Waals surface area contributed by atoms with Gasteiger partial charge in [0.15, 0.2) is 5.78 Å². The van der Waals surface area contributed by atoms with Crippen LogP contribution in [0, 0.1) is 5.41 Å². The minimum Gasteiger partial charge on any atom is -0.495 e. The van der Waals surface area contributed by atoms with Crippen LogP contribution in [-0.4, -0.2) is 72.4 Å². The number of β-amino-alcohol motifs (C(OH)–C–C–N with tert-alkyl or cyclic N) is 1. The number of piperazine rings is 1. The van der Waals surface area contributed by atoms with Gasteiger partial charge in [0.05, 0.1) is 24.5 Å². The third-order valence-corrected chi connectivity index (χ3v) is 11.2. The van der Waals surface area contributed by atoms with Gasteiger partial charge in [0.2, 0.25) is 0 Å². The molecule has 2 fully saturated rings. The van der Waals surface area contributed by atoms with Crippen molar-refractivity contribution in [2.45, 2.75) is 76.4 Å². The number of aliphatic hydroxyl groups excluding tert-OH is 1. The molecule has 0 radical (unpaired) electrons. The van der Waals surface area contributed by atoms with Crippen molar-refractivity contribution >= 4 is 11.5 Å². The van der Waals surface area contributed by atoms with Crippen LogP contribution in [0.4, 0.5) is 5.69 Å². The number of hydrogen-bond acceptors (Lipinski definition) is 6. The number of ketones is 1. The fourth-order valence-electron chi connectivity index (χ4n) is 8.35. The van der Waals surface area contributed by atoms with E-state index < -0.39 is 17.1 Å². The van der Waals surface area contributed by atoms with Crippen LogP contribution in [0.25, 0.3) is 0 Å². The Hall–Kier alpha value is -3.45. The lowest BCUT2D eigenvalue weighted by molar-refractivity contribution is -0.0841. The number of methoxy groups -OCH3 is 1. The molecule has 244 valence electrons. The summed E-state index contributed by atoms with van der Waals surface area (Å²) in [6.07, 6.45) is 7.12. The molecular formula is C40H50N2O4. The summed E-state index contributed by atoms with van der Waals surface area (Å²) in [6.45, 7) is 8.55. The van der Waals surface area contributed by atoms with E-state index in [0.717, 1.165) is 74.4 Å². The van der Waals surface area contributed by atoms with Crippen LogP contribution in [-0.2, 0) is 6.42 Å². The second-order valence-corrected chi connectivity index (χ2v) is 14.1. The van der Waals surface area contributed by atoms with Crippen molar-refractivity contribution in [3.05, 3.63) is 107 Å². The van der Waals surface area contributed by atoms with Gasteiger partial charge in [0, 0.05) is 49.3 Å². The van der Waals surface area contributed by atoms with Crippen LogP contribution in [0.1, 0.15) is 85.3 Å². The third kappa shape index (κ3) is 6.53. The number of carbonyl (C=O) groups is 1. The van der Waals surface area contributed by atoms with E-state index in [1.807, 2.05) is 48.5 Å². The third-order valence-electron chi connectivity index (χ3n) is 11.2. The molecule has 1 heterocycles. The predicted molar refractivity (Wildman–Crippen MR) is 185 cm³/mol. The van der Waals surface area contributed by atoms with Crippen LogP contribution in [0.5, 0.6) is 5.75 Å². The van der Waals surface area contributed by atoms with Crippen LogP contribution < -0.4 is 9.64 Å². The standard InChI is InChI=1S/C40H50N2O4/c1-29-10-9-20-39(2)35(19-21-40(39,45)28-41-22-24-42(25-23-41)36-13-7-8-14-37(36)46-3)33-18-16-30(26-32(43)17-15-29)27-34(33)38(44)31-11-5-4-6-12-31/h4-8,10-14,16,18,27,32,35,43,45H,9,15,17,19-26,28H2,1-3H3. The van der Waals surface area contributed by atoms with Crippen LogP contribution >= 0.6 is 0 Å². The lowest BCUT2D eigenvalue weighted by Crippen LogP contribution is -2.56. The quantitative estimate of drug-likeness (QED) is 0.233. The van der Waals surface area contributed by atoms with Crippen molar-refractivity contribution in [1.29, 1.82) is 0 Å². The molecule has 4 atom stereocenters. The molecule has 2 N–H and O–H groups in total. The molecule has 0 amide bonds. The Kier molecular flexibility index (Phi) is 9.69. The number of anilines is 1. The van der Waals surface area contributed by atoms with E-state index in [1.54, 1.807) is 7.11 Å². The minimum absolute atomic E-state index is 0.0139. The second kappa shape index (κ2) is 13.7. The zero-order chi connectivity index (χ0) is 32.3. The predicted octanol–water partition coefficient (Wildman–Crippen LogP) is 6.79. The first kappa shape index (κ1) is 32.5. The highest BCUT2D eigenvalue weighted by Gasteiger charge is 2.57.